The van der Waals surface area contributed by atoms with Crippen LogP contribution in [0.5, 0.6) is 0 Å². The largest absolute Gasteiger partial charge is 0.462 e. The van der Waals surface area contributed by atoms with Gasteiger partial charge in [-0.05, 0) is 50.4 Å². The summed E-state index contributed by atoms with van der Waals surface area (Å²) in [6.45, 7) is 2.25. The van der Waals surface area contributed by atoms with Gasteiger partial charge in [-0.1, -0.05) is 0 Å². The molecule has 4 saturated carbocycles. The molecule has 7 nitrogen and oxygen atoms in total. The third kappa shape index (κ3) is 2.52. The molecule has 1 amide bonds. The summed E-state index contributed by atoms with van der Waals surface area (Å²) in [7, 11) is 0. The van der Waals surface area contributed by atoms with E-state index in [9.17, 15) is 22.8 Å². The van der Waals surface area contributed by atoms with Gasteiger partial charge in [0.05, 0.1) is 24.3 Å². The molecule has 2 N–H and O–H groups in total. The van der Waals surface area contributed by atoms with Crippen LogP contribution in [0, 0.1) is 23.2 Å². The molecule has 30 heavy (non-hydrogen) atoms. The molecule has 5 fully saturated rings. The summed E-state index contributed by atoms with van der Waals surface area (Å²) in [4.78, 5) is 27.0. The Morgan fingerprint density at radius 1 is 1.27 bits per heavy atom. The van der Waals surface area contributed by atoms with Gasteiger partial charge in [0.2, 0.25) is 5.91 Å². The fraction of sp³-hybridized carbons (Fsp3) is 0.750. The number of alkyl halides is 3. The van der Waals surface area contributed by atoms with E-state index in [1.807, 2.05) is 0 Å². The standard InChI is InChI=1S/C20H25F3N4O3/c1-2-30-17(28)12-9-25-27(16(12)20(21,22)23)11-3-5-26(6-4-11)18(29)19-13-7-10(15(19)24)8-14(13)19/h9-11,13-15H,2-8,24H2,1H3. The summed E-state index contributed by atoms with van der Waals surface area (Å²) in [6.07, 6.45) is -1.04. The quantitative estimate of drug-likeness (QED) is 0.746. The number of hydrogen-bond acceptors (Lipinski definition) is 5. The highest BCUT2D eigenvalue weighted by molar-refractivity contribution is 5.91. The molecule has 4 aliphatic carbocycles. The summed E-state index contributed by atoms with van der Waals surface area (Å²) in [5, 5.41) is 3.88. The Morgan fingerprint density at radius 3 is 2.40 bits per heavy atom. The summed E-state index contributed by atoms with van der Waals surface area (Å²) >= 11 is 0. The molecule has 1 aromatic heterocycles. The van der Waals surface area contributed by atoms with Crippen molar-refractivity contribution in [2.75, 3.05) is 19.7 Å². The summed E-state index contributed by atoms with van der Waals surface area (Å²) in [6, 6.07) is -0.611. The number of halogens is 3. The predicted octanol–water partition coefficient (Wildman–Crippen LogP) is 2.23. The summed E-state index contributed by atoms with van der Waals surface area (Å²) in [5.74, 6) is 0.306. The average molecular weight is 426 g/mol. The van der Waals surface area contributed by atoms with E-state index in [0.29, 0.717) is 43.7 Å². The maximum atomic E-state index is 13.7. The lowest BCUT2D eigenvalue weighted by Crippen LogP contribution is -2.48. The van der Waals surface area contributed by atoms with Crippen LogP contribution in [0.15, 0.2) is 6.20 Å². The molecule has 5 aliphatic rings. The first-order valence-electron chi connectivity index (χ1n) is 10.6. The number of aromatic nitrogens is 2. The number of carbonyl (C=O) groups is 2. The van der Waals surface area contributed by atoms with E-state index in [1.54, 1.807) is 4.90 Å². The zero-order chi connectivity index (χ0) is 21.4. The number of hydrogen-bond donors (Lipinski definition) is 1. The Hall–Kier alpha value is -2.10. The van der Waals surface area contributed by atoms with E-state index in [2.05, 4.69) is 5.10 Å². The maximum absolute atomic E-state index is 13.7. The molecule has 1 saturated heterocycles. The second kappa shape index (κ2) is 6.45. The fourth-order valence-corrected chi connectivity index (χ4v) is 6.53. The van der Waals surface area contributed by atoms with Crippen molar-refractivity contribution in [3.63, 3.8) is 0 Å². The van der Waals surface area contributed by atoms with Gasteiger partial charge in [0, 0.05) is 19.1 Å². The molecule has 6 rings (SSSR count). The van der Waals surface area contributed by atoms with Crippen LogP contribution in [-0.2, 0) is 15.7 Å². The highest BCUT2D eigenvalue weighted by Gasteiger charge is 2.82. The Morgan fingerprint density at radius 2 is 1.90 bits per heavy atom. The number of esters is 1. The van der Waals surface area contributed by atoms with Crippen LogP contribution in [-0.4, -0.2) is 52.3 Å². The third-order valence-electron chi connectivity index (χ3n) is 7.80. The lowest BCUT2D eigenvalue weighted by molar-refractivity contribution is -0.147. The second-order valence-corrected chi connectivity index (χ2v) is 9.00. The van der Waals surface area contributed by atoms with Crippen LogP contribution < -0.4 is 5.73 Å². The van der Waals surface area contributed by atoms with Crippen LogP contribution in [0.4, 0.5) is 13.2 Å². The van der Waals surface area contributed by atoms with Crippen LogP contribution in [0.1, 0.15) is 54.7 Å². The first-order valence-corrected chi connectivity index (χ1v) is 10.6. The summed E-state index contributed by atoms with van der Waals surface area (Å²) < 4.78 is 46.8. The first-order chi connectivity index (χ1) is 14.2. The topological polar surface area (TPSA) is 90.5 Å². The smallest absolute Gasteiger partial charge is 0.433 e. The van der Waals surface area contributed by atoms with Crippen molar-refractivity contribution in [1.82, 2.24) is 14.7 Å². The van der Waals surface area contributed by atoms with Crippen molar-refractivity contribution in [3.8, 4) is 0 Å². The average Bonchev–Trinajstić information content (AvgIpc) is 3.19. The van der Waals surface area contributed by atoms with Gasteiger partial charge in [-0.3, -0.25) is 9.48 Å². The number of rotatable bonds is 4. The van der Waals surface area contributed by atoms with Crippen LogP contribution in [0.2, 0.25) is 0 Å². The normalized spacial score (nSPS) is 35.0. The minimum absolute atomic E-state index is 0.0193. The molecule has 0 aromatic carbocycles. The Balaban J connectivity index is 1.32. The molecule has 2 heterocycles. The minimum atomic E-state index is -4.73. The van der Waals surface area contributed by atoms with Crippen LogP contribution in [0.25, 0.3) is 0 Å². The Bertz CT molecular complexity index is 878. The molecular weight excluding hydrogens is 401 g/mol. The zero-order valence-corrected chi connectivity index (χ0v) is 16.7. The number of carbonyl (C=O) groups excluding carboxylic acids is 2. The van der Waals surface area contributed by atoms with E-state index >= 15 is 0 Å². The molecule has 3 atom stereocenters. The lowest BCUT2D eigenvalue weighted by atomic mass is 9.94. The van der Waals surface area contributed by atoms with Gasteiger partial charge in [-0.2, -0.15) is 18.3 Å². The molecule has 164 valence electrons. The Labute approximate surface area is 171 Å². The fourth-order valence-electron chi connectivity index (χ4n) is 6.53. The van der Waals surface area contributed by atoms with Gasteiger partial charge in [0.25, 0.3) is 0 Å². The predicted molar refractivity (Wildman–Crippen MR) is 98.1 cm³/mol. The number of nitrogens with two attached hydrogens (primary N) is 1. The highest BCUT2D eigenvalue weighted by Crippen LogP contribution is 2.78. The van der Waals surface area contributed by atoms with Crippen molar-refractivity contribution in [3.05, 3.63) is 17.5 Å². The first kappa shape index (κ1) is 19.8. The molecule has 1 aromatic rings. The molecule has 1 aliphatic heterocycles. The van der Waals surface area contributed by atoms with Crippen LogP contribution >= 0.6 is 0 Å². The molecule has 3 unspecified atom stereocenters. The van der Waals surface area contributed by atoms with Crippen molar-refractivity contribution in [2.45, 2.75) is 50.9 Å². The number of piperidine rings is 1. The highest BCUT2D eigenvalue weighted by atomic mass is 19.4. The maximum Gasteiger partial charge on any atom is 0.433 e. The number of amides is 1. The number of nitrogens with zero attached hydrogens (tertiary/aromatic N) is 3. The van der Waals surface area contributed by atoms with Gasteiger partial charge in [0.15, 0.2) is 5.69 Å². The van der Waals surface area contributed by atoms with E-state index in [0.717, 1.165) is 23.7 Å². The lowest BCUT2D eigenvalue weighted by Gasteiger charge is -2.35. The van der Waals surface area contributed by atoms with Gasteiger partial charge >= 0.3 is 12.1 Å². The second-order valence-electron chi connectivity index (χ2n) is 9.00. The molecular formula is C20H25F3N4O3. The minimum Gasteiger partial charge on any atom is -0.462 e. The molecule has 10 heteroatoms. The molecule has 0 radical (unpaired) electrons. The van der Waals surface area contributed by atoms with Crippen molar-refractivity contribution >= 4 is 11.9 Å². The SMILES string of the molecule is CCOC(=O)c1cnn(C2CCN(C(=O)C34C(N)C5CC3C4C5)CC2)c1C(F)(F)F. The van der Waals surface area contributed by atoms with Gasteiger partial charge in [-0.15, -0.1) is 0 Å². The number of ether oxygens (including phenoxy) is 1. The van der Waals surface area contributed by atoms with Crippen molar-refractivity contribution in [2.24, 2.45) is 28.9 Å². The molecule has 0 spiro atoms. The monoisotopic (exact) mass is 426 g/mol. The summed E-state index contributed by atoms with van der Waals surface area (Å²) in [5.41, 5.74) is 4.31. The van der Waals surface area contributed by atoms with Crippen molar-refractivity contribution < 1.29 is 27.5 Å². The van der Waals surface area contributed by atoms with E-state index in [-0.39, 0.29) is 18.6 Å². The van der Waals surface area contributed by atoms with Crippen LogP contribution in [0.3, 0.4) is 0 Å². The van der Waals surface area contributed by atoms with E-state index < -0.39 is 34.9 Å². The van der Waals surface area contributed by atoms with E-state index in [1.165, 1.54) is 6.92 Å². The van der Waals surface area contributed by atoms with Gasteiger partial charge in [-0.25, -0.2) is 4.79 Å². The van der Waals surface area contributed by atoms with Gasteiger partial charge in [0.1, 0.15) is 5.56 Å². The zero-order valence-electron chi connectivity index (χ0n) is 16.7. The van der Waals surface area contributed by atoms with Gasteiger partial charge < -0.3 is 15.4 Å². The number of likely N-dealkylation sites (tertiary alicyclic amines) is 1. The van der Waals surface area contributed by atoms with E-state index in [4.69, 9.17) is 10.5 Å². The third-order valence-corrected chi connectivity index (χ3v) is 7.80. The Kier molecular flexibility index (Phi) is 4.26. The molecule has 4 bridgehead atoms. The van der Waals surface area contributed by atoms with Crippen molar-refractivity contribution in [1.29, 1.82) is 0 Å².